The lowest BCUT2D eigenvalue weighted by atomic mass is 9.87. The zero-order valence-electron chi connectivity index (χ0n) is 24.7. The number of aryl methyl sites for hydroxylation is 3. The maximum absolute atomic E-state index is 3.65. The number of nitrogens with one attached hydrogen (secondary N) is 2. The summed E-state index contributed by atoms with van der Waals surface area (Å²) in [4.78, 5) is 0. The summed E-state index contributed by atoms with van der Waals surface area (Å²) < 4.78 is 0. The van der Waals surface area contributed by atoms with E-state index in [4.69, 9.17) is 0 Å². The second kappa shape index (κ2) is 11.1. The molecule has 0 bridgehead atoms. The summed E-state index contributed by atoms with van der Waals surface area (Å²) >= 11 is 0. The lowest BCUT2D eigenvalue weighted by Crippen LogP contribution is -1.95. The average Bonchev–Trinajstić information content (AvgIpc) is 2.98. The fourth-order valence-electron chi connectivity index (χ4n) is 5.78. The number of hydrogen-bond donors (Lipinski definition) is 2. The molecule has 0 fully saturated rings. The third-order valence-corrected chi connectivity index (χ3v) is 8.23. The lowest BCUT2D eigenvalue weighted by Gasteiger charge is -2.18. The van der Waals surface area contributed by atoms with E-state index in [1.807, 2.05) is 0 Å². The molecule has 0 heterocycles. The Labute approximate surface area is 244 Å². The van der Waals surface area contributed by atoms with E-state index in [2.05, 4.69) is 154 Å². The van der Waals surface area contributed by atoms with Crippen LogP contribution in [0.1, 0.15) is 48.9 Å². The largest absolute Gasteiger partial charge is 0.356 e. The van der Waals surface area contributed by atoms with Crippen molar-refractivity contribution < 1.29 is 0 Å². The van der Waals surface area contributed by atoms with Gasteiger partial charge in [0.1, 0.15) is 0 Å². The zero-order valence-corrected chi connectivity index (χ0v) is 24.7. The van der Waals surface area contributed by atoms with Crippen molar-refractivity contribution in [3.05, 3.63) is 131 Å². The van der Waals surface area contributed by atoms with Crippen molar-refractivity contribution in [1.29, 1.82) is 0 Å². The molecule has 0 amide bonds. The molecule has 2 nitrogen and oxygen atoms in total. The van der Waals surface area contributed by atoms with Gasteiger partial charge >= 0.3 is 0 Å². The highest BCUT2D eigenvalue weighted by atomic mass is 14.9. The van der Waals surface area contributed by atoms with Gasteiger partial charge in [-0.15, -0.1) is 0 Å². The first-order valence-corrected chi connectivity index (χ1v) is 14.7. The first kappa shape index (κ1) is 26.7. The minimum Gasteiger partial charge on any atom is -0.356 e. The number of anilines is 4. The molecule has 0 aliphatic rings. The van der Waals surface area contributed by atoms with E-state index in [9.17, 15) is 0 Å². The van der Waals surface area contributed by atoms with Crippen LogP contribution >= 0.6 is 0 Å². The minimum absolute atomic E-state index is 0.525. The SMILES string of the molecule is CCc1ccc(Nc2ccc3ccc(C)c(-c4c(C)ccc5ccc(Nc6ccc(C(C)C)cc6)cc45)c3c2)cc1. The third kappa shape index (κ3) is 5.43. The lowest BCUT2D eigenvalue weighted by molar-refractivity contribution is 0.867. The molecule has 0 aliphatic carbocycles. The Hall–Kier alpha value is -4.56. The van der Waals surface area contributed by atoms with E-state index in [0.717, 1.165) is 29.2 Å². The van der Waals surface area contributed by atoms with E-state index in [0.29, 0.717) is 5.92 Å². The van der Waals surface area contributed by atoms with E-state index in [1.165, 1.54) is 54.9 Å². The van der Waals surface area contributed by atoms with Crippen LogP contribution in [0.5, 0.6) is 0 Å². The van der Waals surface area contributed by atoms with Crippen LogP contribution in [0.2, 0.25) is 0 Å². The summed E-state index contributed by atoms with van der Waals surface area (Å²) in [7, 11) is 0. The Bertz CT molecular complexity index is 1850. The van der Waals surface area contributed by atoms with Crippen LogP contribution in [0.3, 0.4) is 0 Å². The predicted octanol–water partition coefficient (Wildman–Crippen LogP) is 11.4. The Morgan fingerprint density at radius 3 is 1.37 bits per heavy atom. The molecule has 0 unspecified atom stereocenters. The molecule has 0 saturated heterocycles. The maximum Gasteiger partial charge on any atom is 0.0390 e. The fourth-order valence-corrected chi connectivity index (χ4v) is 5.78. The fraction of sp³-hybridized carbons (Fsp3) is 0.179. The molecule has 0 spiro atoms. The topological polar surface area (TPSA) is 24.1 Å². The monoisotopic (exact) mass is 534 g/mol. The van der Waals surface area contributed by atoms with Crippen LogP contribution in [0.25, 0.3) is 32.7 Å². The van der Waals surface area contributed by atoms with Gasteiger partial charge < -0.3 is 10.6 Å². The number of hydrogen-bond acceptors (Lipinski definition) is 2. The number of benzene rings is 6. The van der Waals surface area contributed by atoms with Gasteiger partial charge in [-0.05, 0) is 130 Å². The van der Waals surface area contributed by atoms with Gasteiger partial charge in [0.25, 0.3) is 0 Å². The van der Waals surface area contributed by atoms with Gasteiger partial charge in [0.05, 0.1) is 0 Å². The number of rotatable bonds is 7. The highest BCUT2D eigenvalue weighted by Crippen LogP contribution is 2.41. The molecule has 0 atom stereocenters. The van der Waals surface area contributed by atoms with Crippen molar-refractivity contribution >= 4 is 44.3 Å². The van der Waals surface area contributed by atoms with Gasteiger partial charge in [0, 0.05) is 22.7 Å². The van der Waals surface area contributed by atoms with E-state index >= 15 is 0 Å². The normalized spacial score (nSPS) is 11.4. The second-order valence-electron chi connectivity index (χ2n) is 11.5. The molecular formula is C39H38N2. The first-order chi connectivity index (χ1) is 19.9. The Morgan fingerprint density at radius 1 is 0.512 bits per heavy atom. The smallest absolute Gasteiger partial charge is 0.0390 e. The van der Waals surface area contributed by atoms with Crippen LogP contribution in [-0.2, 0) is 6.42 Å². The third-order valence-electron chi connectivity index (χ3n) is 8.23. The van der Waals surface area contributed by atoms with Crippen LogP contribution < -0.4 is 10.6 Å². The maximum atomic E-state index is 3.65. The van der Waals surface area contributed by atoms with Crippen molar-refractivity contribution in [1.82, 2.24) is 0 Å². The van der Waals surface area contributed by atoms with Gasteiger partial charge in [-0.2, -0.15) is 0 Å². The number of fused-ring (bicyclic) bond motifs is 2. The van der Waals surface area contributed by atoms with Crippen molar-refractivity contribution in [2.45, 2.75) is 47.0 Å². The molecule has 204 valence electrons. The van der Waals surface area contributed by atoms with E-state index in [-0.39, 0.29) is 0 Å². The van der Waals surface area contributed by atoms with Crippen molar-refractivity contribution in [2.75, 3.05) is 10.6 Å². The van der Waals surface area contributed by atoms with Gasteiger partial charge in [0.15, 0.2) is 0 Å². The average molecular weight is 535 g/mol. The molecule has 6 aromatic carbocycles. The van der Waals surface area contributed by atoms with E-state index < -0.39 is 0 Å². The van der Waals surface area contributed by atoms with Gasteiger partial charge in [-0.25, -0.2) is 0 Å². The van der Waals surface area contributed by atoms with Crippen LogP contribution in [-0.4, -0.2) is 0 Å². The molecule has 0 saturated carbocycles. The standard InChI is InChI=1S/C39H38N2/c1-6-28-9-17-32(18-10-28)40-34-21-15-30-11-7-26(4)38(36(30)23-34)39-27(5)8-12-31-16-22-35(24-37(31)39)41-33-19-13-29(14-20-33)25(2)3/h7-25,40-41H,6H2,1-5H3. The van der Waals surface area contributed by atoms with Crippen molar-refractivity contribution in [3.63, 3.8) is 0 Å². The van der Waals surface area contributed by atoms with Gasteiger partial charge in [0.2, 0.25) is 0 Å². The molecule has 0 aliphatic heterocycles. The summed E-state index contributed by atoms with van der Waals surface area (Å²) in [6.45, 7) is 11.1. The zero-order chi connectivity index (χ0) is 28.5. The second-order valence-corrected chi connectivity index (χ2v) is 11.5. The highest BCUT2D eigenvalue weighted by Gasteiger charge is 2.15. The van der Waals surface area contributed by atoms with Crippen molar-refractivity contribution in [2.24, 2.45) is 0 Å². The van der Waals surface area contributed by atoms with E-state index in [1.54, 1.807) is 0 Å². The summed E-state index contributed by atoms with van der Waals surface area (Å²) in [6, 6.07) is 39.9. The first-order valence-electron chi connectivity index (χ1n) is 14.7. The Balaban J connectivity index is 1.45. The Morgan fingerprint density at radius 2 is 0.927 bits per heavy atom. The van der Waals surface area contributed by atoms with Crippen LogP contribution in [0.15, 0.2) is 109 Å². The van der Waals surface area contributed by atoms with Crippen LogP contribution in [0, 0.1) is 13.8 Å². The molecule has 41 heavy (non-hydrogen) atoms. The van der Waals surface area contributed by atoms with Gasteiger partial charge in [-0.3, -0.25) is 0 Å². The molecule has 2 N–H and O–H groups in total. The van der Waals surface area contributed by atoms with Crippen molar-refractivity contribution in [3.8, 4) is 11.1 Å². The van der Waals surface area contributed by atoms with Crippen LogP contribution in [0.4, 0.5) is 22.7 Å². The quantitative estimate of drug-likeness (QED) is 0.213. The minimum atomic E-state index is 0.525. The summed E-state index contributed by atoms with van der Waals surface area (Å²) in [5.74, 6) is 0.525. The highest BCUT2D eigenvalue weighted by molar-refractivity contribution is 6.09. The molecule has 0 radical (unpaired) electrons. The Kier molecular flexibility index (Phi) is 7.24. The summed E-state index contributed by atoms with van der Waals surface area (Å²) in [5.41, 5.74) is 12.3. The predicted molar refractivity (Wildman–Crippen MR) is 179 cm³/mol. The molecule has 6 aromatic rings. The molecule has 2 heteroatoms. The molecule has 0 aromatic heterocycles. The molecule has 6 rings (SSSR count). The molecular weight excluding hydrogens is 496 g/mol. The summed E-state index contributed by atoms with van der Waals surface area (Å²) in [6.07, 6.45) is 1.05. The summed E-state index contributed by atoms with van der Waals surface area (Å²) in [5, 5.41) is 12.3. The van der Waals surface area contributed by atoms with Gasteiger partial charge in [-0.1, -0.05) is 81.4 Å².